The molecule has 1 unspecified atom stereocenters. The van der Waals surface area contributed by atoms with Gasteiger partial charge in [0.15, 0.2) is 5.60 Å². The predicted molar refractivity (Wildman–Crippen MR) is 149 cm³/mol. The number of carbonyl (C=O) groups is 1. The molecule has 2 heterocycles. The summed E-state index contributed by atoms with van der Waals surface area (Å²) in [6.07, 6.45) is 0. The van der Waals surface area contributed by atoms with Crippen LogP contribution >= 0.6 is 0 Å². The maximum absolute atomic E-state index is 13.1. The number of fused-ring (bicyclic) bond motifs is 6. The molecule has 7 rings (SSSR count). The number of hydrogen-bond donors (Lipinski definition) is 2. The molecule has 2 N–H and O–H groups in total. The second-order valence-electron chi connectivity index (χ2n) is 9.62. The summed E-state index contributed by atoms with van der Waals surface area (Å²) in [5.74, 6) is 0.930. The van der Waals surface area contributed by atoms with E-state index in [1.807, 2.05) is 103 Å². The van der Waals surface area contributed by atoms with Gasteiger partial charge in [0.05, 0.1) is 5.56 Å². The average Bonchev–Trinajstić information content (AvgIpc) is 3.23. The van der Waals surface area contributed by atoms with E-state index in [1.54, 1.807) is 0 Å². The third-order valence-corrected chi connectivity index (χ3v) is 7.12. The van der Waals surface area contributed by atoms with Crippen LogP contribution in [0.3, 0.4) is 0 Å². The van der Waals surface area contributed by atoms with Crippen LogP contribution in [-0.2, 0) is 10.3 Å². The number of aryl methyl sites for hydroxylation is 1. The molecule has 2 aliphatic rings. The SMILES string of the molecule is Cc1ccc(Nc2ccc3c(c2)Oc2cc(Nc4ccccc4)ccc2C32OC(=O)c3ccccc32)cc1. The highest BCUT2D eigenvalue weighted by molar-refractivity contribution is 5.97. The molecule has 0 saturated carbocycles. The third kappa shape index (κ3) is 3.51. The molecule has 0 aliphatic carbocycles. The Kier molecular flexibility index (Phi) is 4.98. The molecule has 0 aromatic heterocycles. The topological polar surface area (TPSA) is 59.6 Å². The summed E-state index contributed by atoms with van der Waals surface area (Å²) in [6, 6.07) is 37.7. The van der Waals surface area contributed by atoms with Crippen LogP contribution in [0.5, 0.6) is 11.5 Å². The highest BCUT2D eigenvalue weighted by Crippen LogP contribution is 2.56. The van der Waals surface area contributed by atoms with E-state index >= 15 is 0 Å². The normalized spacial score (nSPS) is 16.6. The van der Waals surface area contributed by atoms with E-state index in [-0.39, 0.29) is 5.97 Å². The molecule has 1 spiro atoms. The summed E-state index contributed by atoms with van der Waals surface area (Å²) in [6.45, 7) is 2.06. The molecule has 1 atom stereocenters. The zero-order valence-electron chi connectivity index (χ0n) is 20.7. The van der Waals surface area contributed by atoms with Crippen LogP contribution in [0.1, 0.15) is 32.6 Å². The van der Waals surface area contributed by atoms with Gasteiger partial charge in [0.1, 0.15) is 11.5 Å². The molecule has 5 aromatic rings. The molecule has 0 fully saturated rings. The van der Waals surface area contributed by atoms with Gasteiger partial charge in [0, 0.05) is 51.6 Å². The lowest BCUT2D eigenvalue weighted by Gasteiger charge is -2.37. The zero-order chi connectivity index (χ0) is 25.7. The summed E-state index contributed by atoms with van der Waals surface area (Å²) in [5, 5.41) is 6.89. The number of carbonyl (C=O) groups excluding carboxylic acids is 1. The Morgan fingerprint density at radius 2 is 1.13 bits per heavy atom. The molecule has 0 radical (unpaired) electrons. The molecule has 0 saturated heterocycles. The van der Waals surface area contributed by atoms with Crippen LogP contribution in [0.4, 0.5) is 22.7 Å². The Bertz CT molecular complexity index is 1700. The van der Waals surface area contributed by atoms with Gasteiger partial charge in [-0.3, -0.25) is 0 Å². The van der Waals surface area contributed by atoms with Crippen molar-refractivity contribution in [2.24, 2.45) is 0 Å². The summed E-state index contributed by atoms with van der Waals surface area (Å²) in [7, 11) is 0. The Labute approximate surface area is 220 Å². The van der Waals surface area contributed by atoms with E-state index < -0.39 is 5.60 Å². The number of benzene rings is 5. The van der Waals surface area contributed by atoms with E-state index in [2.05, 4.69) is 29.7 Å². The molecule has 184 valence electrons. The summed E-state index contributed by atoms with van der Waals surface area (Å²) in [4.78, 5) is 13.1. The van der Waals surface area contributed by atoms with Gasteiger partial charge in [-0.05, 0) is 61.5 Å². The van der Waals surface area contributed by atoms with Crippen molar-refractivity contribution in [3.05, 3.63) is 143 Å². The van der Waals surface area contributed by atoms with Crippen LogP contribution in [0.25, 0.3) is 0 Å². The minimum atomic E-state index is -1.09. The highest BCUT2D eigenvalue weighted by Gasteiger charge is 2.53. The van der Waals surface area contributed by atoms with Crippen molar-refractivity contribution in [3.63, 3.8) is 0 Å². The fourth-order valence-electron chi connectivity index (χ4n) is 5.32. The minimum absolute atomic E-state index is 0.340. The zero-order valence-corrected chi connectivity index (χ0v) is 20.7. The molecule has 5 aromatic carbocycles. The van der Waals surface area contributed by atoms with Gasteiger partial charge >= 0.3 is 5.97 Å². The lowest BCUT2D eigenvalue weighted by molar-refractivity contribution is 0.0224. The second kappa shape index (κ2) is 8.53. The van der Waals surface area contributed by atoms with Crippen LogP contribution < -0.4 is 15.4 Å². The maximum Gasteiger partial charge on any atom is 0.340 e. The lowest BCUT2D eigenvalue weighted by Crippen LogP contribution is -2.33. The fourth-order valence-corrected chi connectivity index (χ4v) is 5.32. The summed E-state index contributed by atoms with van der Waals surface area (Å²) >= 11 is 0. The van der Waals surface area contributed by atoms with Crippen LogP contribution in [0.2, 0.25) is 0 Å². The van der Waals surface area contributed by atoms with Gasteiger partial charge in [0.2, 0.25) is 0 Å². The minimum Gasteiger partial charge on any atom is -0.456 e. The van der Waals surface area contributed by atoms with E-state index in [4.69, 9.17) is 9.47 Å². The number of anilines is 4. The van der Waals surface area contributed by atoms with Gasteiger partial charge in [0.25, 0.3) is 0 Å². The van der Waals surface area contributed by atoms with E-state index in [0.29, 0.717) is 17.1 Å². The van der Waals surface area contributed by atoms with Crippen molar-refractivity contribution in [3.8, 4) is 11.5 Å². The van der Waals surface area contributed by atoms with E-state index in [1.165, 1.54) is 5.56 Å². The molecular weight excluding hydrogens is 472 g/mol. The van der Waals surface area contributed by atoms with E-state index in [9.17, 15) is 4.79 Å². The van der Waals surface area contributed by atoms with Crippen molar-refractivity contribution in [1.29, 1.82) is 0 Å². The number of hydrogen-bond acceptors (Lipinski definition) is 5. The number of nitrogens with one attached hydrogen (secondary N) is 2. The lowest BCUT2D eigenvalue weighted by atomic mass is 9.77. The molecule has 5 heteroatoms. The van der Waals surface area contributed by atoms with Crippen molar-refractivity contribution < 1.29 is 14.3 Å². The van der Waals surface area contributed by atoms with Gasteiger partial charge in [-0.2, -0.15) is 0 Å². The number of ether oxygens (including phenoxy) is 2. The second-order valence-corrected chi connectivity index (χ2v) is 9.62. The monoisotopic (exact) mass is 496 g/mol. The largest absolute Gasteiger partial charge is 0.456 e. The van der Waals surface area contributed by atoms with E-state index in [0.717, 1.165) is 39.4 Å². The van der Waals surface area contributed by atoms with Gasteiger partial charge < -0.3 is 20.1 Å². The molecule has 0 bridgehead atoms. The van der Waals surface area contributed by atoms with Crippen LogP contribution in [0.15, 0.2) is 115 Å². The quantitative estimate of drug-likeness (QED) is 0.247. The fraction of sp³-hybridized carbons (Fsp3) is 0.0606. The standard InChI is InChI=1S/C33H24N2O3/c1-21-11-13-23(14-12-21)35-25-16-18-29-31(20-25)37-30-19-24(34-22-7-3-2-4-8-22)15-17-28(30)33(29)27-10-6-5-9-26(27)32(36)38-33/h2-20,34-35H,1H3. The third-order valence-electron chi connectivity index (χ3n) is 7.12. The first-order valence-corrected chi connectivity index (χ1v) is 12.6. The van der Waals surface area contributed by atoms with Gasteiger partial charge in [-0.1, -0.05) is 54.1 Å². The van der Waals surface area contributed by atoms with Crippen molar-refractivity contribution >= 4 is 28.7 Å². The van der Waals surface area contributed by atoms with Crippen LogP contribution in [0, 0.1) is 6.92 Å². The number of rotatable bonds is 4. The van der Waals surface area contributed by atoms with Crippen molar-refractivity contribution in [2.75, 3.05) is 10.6 Å². The first-order valence-electron chi connectivity index (χ1n) is 12.6. The average molecular weight is 497 g/mol. The molecule has 38 heavy (non-hydrogen) atoms. The smallest absolute Gasteiger partial charge is 0.340 e. The number of para-hydroxylation sites is 1. The summed E-state index contributed by atoms with van der Waals surface area (Å²) in [5.41, 5.74) is 6.78. The molecule has 5 nitrogen and oxygen atoms in total. The molecule has 0 amide bonds. The highest BCUT2D eigenvalue weighted by atomic mass is 16.6. The maximum atomic E-state index is 13.1. The van der Waals surface area contributed by atoms with Crippen molar-refractivity contribution in [1.82, 2.24) is 0 Å². The molecule has 2 aliphatic heterocycles. The Morgan fingerprint density at radius 3 is 1.79 bits per heavy atom. The first-order chi connectivity index (χ1) is 18.6. The molecular formula is C33H24N2O3. The Hall–Kier alpha value is -5.03. The summed E-state index contributed by atoms with van der Waals surface area (Å²) < 4.78 is 12.8. The Balaban J connectivity index is 1.36. The number of esters is 1. The first kappa shape index (κ1) is 22.2. The van der Waals surface area contributed by atoms with Gasteiger partial charge in [-0.25, -0.2) is 4.79 Å². The predicted octanol–water partition coefficient (Wildman–Crippen LogP) is 8.05. The Morgan fingerprint density at radius 1 is 0.579 bits per heavy atom. The van der Waals surface area contributed by atoms with Crippen LogP contribution in [-0.4, -0.2) is 5.97 Å². The van der Waals surface area contributed by atoms with Crippen molar-refractivity contribution in [2.45, 2.75) is 12.5 Å². The van der Waals surface area contributed by atoms with Gasteiger partial charge in [-0.15, -0.1) is 0 Å².